The molecule has 170 valence electrons. The summed E-state index contributed by atoms with van der Waals surface area (Å²) < 4.78 is 26.1. The minimum atomic E-state index is -0.539. The molecule has 0 bridgehead atoms. The molecule has 1 aromatic carbocycles. The van der Waals surface area contributed by atoms with Crippen LogP contribution in [0.4, 0.5) is 0 Å². The Balaban J connectivity index is 1.86. The first-order valence-electron chi connectivity index (χ1n) is 10.1. The highest BCUT2D eigenvalue weighted by Crippen LogP contribution is 2.26. The van der Waals surface area contributed by atoms with Gasteiger partial charge >= 0.3 is 5.97 Å². The molecule has 1 heterocycles. The maximum atomic E-state index is 11.9. The third kappa shape index (κ3) is 8.35. The second-order valence-electron chi connectivity index (χ2n) is 6.80. The van der Waals surface area contributed by atoms with Crippen LogP contribution >= 0.6 is 0 Å². The number of benzene rings is 1. The molecule has 8 nitrogen and oxygen atoms in total. The quantitative estimate of drug-likeness (QED) is 0.359. The van der Waals surface area contributed by atoms with E-state index in [0.717, 1.165) is 22.3 Å². The predicted molar refractivity (Wildman–Crippen MR) is 115 cm³/mol. The van der Waals surface area contributed by atoms with E-state index in [9.17, 15) is 9.90 Å². The Kier molecular flexibility index (Phi) is 11.1. The average Bonchev–Trinajstić information content (AvgIpc) is 2.79. The molecular formula is C23H31NO7. The fourth-order valence-corrected chi connectivity index (χ4v) is 2.94. The van der Waals surface area contributed by atoms with Crippen LogP contribution in [0.1, 0.15) is 27.3 Å². The standard InChI is InChI=1S/C23H31NO7/c1-17-12-18(16-31-11-10-30-9-8-29-7-6-27-2)4-5-21(17)19-13-20(15-25)24-22(14-19)23(26)28-3/h4-5,12-14,25H,6-11,15-16H2,1-3H3. The summed E-state index contributed by atoms with van der Waals surface area (Å²) in [4.78, 5) is 16.0. The van der Waals surface area contributed by atoms with E-state index in [1.165, 1.54) is 7.11 Å². The van der Waals surface area contributed by atoms with Crippen molar-refractivity contribution < 1.29 is 33.6 Å². The Labute approximate surface area is 183 Å². The molecule has 31 heavy (non-hydrogen) atoms. The first-order chi connectivity index (χ1) is 15.1. The molecule has 0 saturated carbocycles. The number of nitrogens with zero attached hydrogens (tertiary/aromatic N) is 1. The molecule has 0 amide bonds. The molecule has 1 N–H and O–H groups in total. The van der Waals surface area contributed by atoms with Crippen molar-refractivity contribution in [1.82, 2.24) is 4.98 Å². The number of aromatic nitrogens is 1. The third-order valence-electron chi connectivity index (χ3n) is 4.48. The highest BCUT2D eigenvalue weighted by molar-refractivity contribution is 5.89. The molecule has 0 atom stereocenters. The van der Waals surface area contributed by atoms with Crippen LogP contribution in [0.25, 0.3) is 11.1 Å². The van der Waals surface area contributed by atoms with Gasteiger partial charge in [0.1, 0.15) is 5.69 Å². The summed E-state index contributed by atoms with van der Waals surface area (Å²) in [6.45, 7) is 5.40. The maximum absolute atomic E-state index is 11.9. The lowest BCUT2D eigenvalue weighted by Gasteiger charge is -2.12. The molecule has 8 heteroatoms. The van der Waals surface area contributed by atoms with Gasteiger partial charge in [0.15, 0.2) is 0 Å². The highest BCUT2D eigenvalue weighted by Gasteiger charge is 2.13. The molecule has 0 fully saturated rings. The number of aliphatic hydroxyl groups is 1. The van der Waals surface area contributed by atoms with Gasteiger partial charge < -0.3 is 28.8 Å². The fourth-order valence-electron chi connectivity index (χ4n) is 2.94. The molecule has 0 unspecified atom stereocenters. The van der Waals surface area contributed by atoms with Crippen molar-refractivity contribution in [2.45, 2.75) is 20.1 Å². The summed E-state index contributed by atoms with van der Waals surface area (Å²) in [6, 6.07) is 9.42. The van der Waals surface area contributed by atoms with E-state index in [-0.39, 0.29) is 12.3 Å². The fraction of sp³-hybridized carbons (Fsp3) is 0.478. The molecule has 0 radical (unpaired) electrons. The lowest BCUT2D eigenvalue weighted by atomic mass is 9.98. The van der Waals surface area contributed by atoms with Crippen LogP contribution < -0.4 is 0 Å². The number of hydrogen-bond donors (Lipinski definition) is 1. The molecule has 0 saturated heterocycles. The van der Waals surface area contributed by atoms with Gasteiger partial charge in [-0.15, -0.1) is 0 Å². The van der Waals surface area contributed by atoms with Gasteiger partial charge in [0.2, 0.25) is 0 Å². The van der Waals surface area contributed by atoms with Crippen LogP contribution in [0.15, 0.2) is 30.3 Å². The molecule has 2 aromatic rings. The van der Waals surface area contributed by atoms with Crippen LogP contribution in [0.5, 0.6) is 0 Å². The van der Waals surface area contributed by atoms with Gasteiger partial charge in [-0.2, -0.15) is 0 Å². The third-order valence-corrected chi connectivity index (χ3v) is 4.48. The number of rotatable bonds is 14. The van der Waals surface area contributed by atoms with Crippen molar-refractivity contribution in [2.75, 3.05) is 53.9 Å². The monoisotopic (exact) mass is 433 g/mol. The average molecular weight is 434 g/mol. The van der Waals surface area contributed by atoms with E-state index < -0.39 is 5.97 Å². The Morgan fingerprint density at radius 3 is 2.23 bits per heavy atom. The van der Waals surface area contributed by atoms with Crippen LogP contribution in [0.3, 0.4) is 0 Å². The molecule has 0 spiro atoms. The Morgan fingerprint density at radius 1 is 0.935 bits per heavy atom. The van der Waals surface area contributed by atoms with Gasteiger partial charge in [-0.1, -0.05) is 18.2 Å². The van der Waals surface area contributed by atoms with Crippen molar-refractivity contribution in [3.8, 4) is 11.1 Å². The van der Waals surface area contributed by atoms with Crippen molar-refractivity contribution in [3.63, 3.8) is 0 Å². The van der Waals surface area contributed by atoms with Crippen LogP contribution in [0.2, 0.25) is 0 Å². The highest BCUT2D eigenvalue weighted by atomic mass is 16.6. The minimum absolute atomic E-state index is 0.167. The van der Waals surface area contributed by atoms with E-state index in [4.69, 9.17) is 23.7 Å². The van der Waals surface area contributed by atoms with Crippen LogP contribution in [-0.4, -0.2) is 69.9 Å². The van der Waals surface area contributed by atoms with Crippen molar-refractivity contribution in [3.05, 3.63) is 52.8 Å². The molecular weight excluding hydrogens is 402 g/mol. The first kappa shape index (κ1) is 24.9. The number of carbonyl (C=O) groups excluding carboxylic acids is 1. The molecule has 0 aliphatic carbocycles. The largest absolute Gasteiger partial charge is 0.464 e. The van der Waals surface area contributed by atoms with E-state index in [1.807, 2.05) is 25.1 Å². The van der Waals surface area contributed by atoms with Gasteiger partial charge in [-0.05, 0) is 41.3 Å². The zero-order valence-corrected chi connectivity index (χ0v) is 18.4. The lowest BCUT2D eigenvalue weighted by Crippen LogP contribution is -2.11. The maximum Gasteiger partial charge on any atom is 0.356 e. The number of hydrogen-bond acceptors (Lipinski definition) is 8. The van der Waals surface area contributed by atoms with Gasteiger partial charge in [-0.3, -0.25) is 0 Å². The van der Waals surface area contributed by atoms with E-state index in [0.29, 0.717) is 51.9 Å². The predicted octanol–water partition coefficient (Wildman–Crippen LogP) is 2.53. The molecule has 2 rings (SSSR count). The summed E-state index contributed by atoms with van der Waals surface area (Å²) in [5.41, 5.74) is 4.38. The number of carbonyl (C=O) groups is 1. The van der Waals surface area contributed by atoms with Gasteiger partial charge in [0, 0.05) is 7.11 Å². The van der Waals surface area contributed by atoms with Crippen LogP contribution in [-0.2, 0) is 36.9 Å². The van der Waals surface area contributed by atoms with Crippen molar-refractivity contribution in [2.24, 2.45) is 0 Å². The summed E-state index contributed by atoms with van der Waals surface area (Å²) in [5.74, 6) is -0.539. The van der Waals surface area contributed by atoms with Gasteiger partial charge in [0.05, 0.1) is 65.7 Å². The Hall–Kier alpha value is -2.36. The summed E-state index contributed by atoms with van der Waals surface area (Å²) in [5, 5.41) is 9.47. The number of aliphatic hydroxyl groups excluding tert-OH is 1. The van der Waals surface area contributed by atoms with Crippen LogP contribution in [0, 0.1) is 6.92 Å². The molecule has 0 aliphatic rings. The zero-order valence-electron chi connectivity index (χ0n) is 18.4. The second-order valence-corrected chi connectivity index (χ2v) is 6.80. The number of aryl methyl sites for hydroxylation is 1. The number of methoxy groups -OCH3 is 2. The van der Waals surface area contributed by atoms with E-state index in [2.05, 4.69) is 4.98 Å². The van der Waals surface area contributed by atoms with Crippen molar-refractivity contribution >= 4 is 5.97 Å². The summed E-state index contributed by atoms with van der Waals surface area (Å²) in [7, 11) is 2.94. The first-order valence-corrected chi connectivity index (χ1v) is 10.1. The Bertz CT molecular complexity index is 826. The summed E-state index contributed by atoms with van der Waals surface area (Å²) in [6.07, 6.45) is 0. The SMILES string of the molecule is COCCOCCOCCOCc1ccc(-c2cc(CO)nc(C(=O)OC)c2)c(C)c1. The van der Waals surface area contributed by atoms with E-state index >= 15 is 0 Å². The smallest absolute Gasteiger partial charge is 0.356 e. The van der Waals surface area contributed by atoms with Gasteiger partial charge in [0.25, 0.3) is 0 Å². The zero-order chi connectivity index (χ0) is 22.5. The topological polar surface area (TPSA) is 96.3 Å². The Morgan fingerprint density at radius 2 is 1.61 bits per heavy atom. The van der Waals surface area contributed by atoms with E-state index in [1.54, 1.807) is 19.2 Å². The van der Waals surface area contributed by atoms with Crippen molar-refractivity contribution in [1.29, 1.82) is 0 Å². The number of pyridine rings is 1. The number of esters is 1. The molecule has 0 aliphatic heterocycles. The summed E-state index contributed by atoms with van der Waals surface area (Å²) >= 11 is 0. The number of ether oxygens (including phenoxy) is 5. The van der Waals surface area contributed by atoms with Gasteiger partial charge in [-0.25, -0.2) is 9.78 Å². The minimum Gasteiger partial charge on any atom is -0.464 e. The normalized spacial score (nSPS) is 11.0. The molecule has 1 aromatic heterocycles. The lowest BCUT2D eigenvalue weighted by molar-refractivity contribution is 0.000866. The second kappa shape index (κ2) is 13.8.